The second-order valence-corrected chi connectivity index (χ2v) is 4.27. The lowest BCUT2D eigenvalue weighted by Gasteiger charge is -2.04. The molecule has 19 heavy (non-hydrogen) atoms. The van der Waals surface area contributed by atoms with E-state index in [1.54, 1.807) is 13.0 Å². The summed E-state index contributed by atoms with van der Waals surface area (Å²) in [5.74, 6) is 0.267. The summed E-state index contributed by atoms with van der Waals surface area (Å²) < 4.78 is 19.4. The third kappa shape index (κ3) is 2.12. The summed E-state index contributed by atoms with van der Waals surface area (Å²) in [5.41, 5.74) is 0.756. The normalized spacial score (nSPS) is 11.1. The summed E-state index contributed by atoms with van der Waals surface area (Å²) in [4.78, 5) is 16.3. The van der Waals surface area contributed by atoms with E-state index in [1.807, 2.05) is 0 Å². The molecule has 2 heterocycles. The second kappa shape index (κ2) is 4.31. The highest BCUT2D eigenvalue weighted by molar-refractivity contribution is 5.77. The van der Waals surface area contributed by atoms with Gasteiger partial charge in [0.15, 0.2) is 0 Å². The van der Waals surface area contributed by atoms with Gasteiger partial charge in [0.05, 0.1) is 23.8 Å². The van der Waals surface area contributed by atoms with Gasteiger partial charge in [-0.05, 0) is 19.1 Å². The monoisotopic (exact) mass is 259 g/mol. The molecule has 2 aromatic heterocycles. The molecule has 0 spiro atoms. The van der Waals surface area contributed by atoms with Gasteiger partial charge in [-0.1, -0.05) is 5.16 Å². The summed E-state index contributed by atoms with van der Waals surface area (Å²) in [5, 5.41) is 4.20. The van der Waals surface area contributed by atoms with Crippen LogP contribution in [0.5, 0.6) is 0 Å². The molecule has 0 radical (unpaired) electrons. The number of aromatic nitrogens is 3. The molecule has 0 amide bonds. The van der Waals surface area contributed by atoms with E-state index >= 15 is 0 Å². The molecule has 0 N–H and O–H groups in total. The molecule has 3 rings (SSSR count). The van der Waals surface area contributed by atoms with Crippen molar-refractivity contribution in [1.82, 2.24) is 14.7 Å². The zero-order chi connectivity index (χ0) is 13.4. The van der Waals surface area contributed by atoms with Gasteiger partial charge < -0.3 is 4.52 Å². The standard InChI is InChI=1S/C13H10FN3O2/c1-8-4-10(16-19-8)6-17-7-15-12-5-9(14)2-3-11(12)13(17)18/h2-5,7H,6H2,1H3. The number of fused-ring (bicyclic) bond motifs is 1. The zero-order valence-corrected chi connectivity index (χ0v) is 10.1. The molecule has 0 bridgehead atoms. The fourth-order valence-corrected chi connectivity index (χ4v) is 1.91. The lowest BCUT2D eigenvalue weighted by atomic mass is 10.2. The van der Waals surface area contributed by atoms with E-state index in [1.165, 1.54) is 29.1 Å². The van der Waals surface area contributed by atoms with Gasteiger partial charge in [-0.2, -0.15) is 0 Å². The Labute approximate surface area is 107 Å². The molecule has 6 heteroatoms. The predicted molar refractivity (Wildman–Crippen MR) is 66.3 cm³/mol. The maximum atomic E-state index is 13.0. The number of hydrogen-bond acceptors (Lipinski definition) is 4. The highest BCUT2D eigenvalue weighted by Crippen LogP contribution is 2.09. The van der Waals surface area contributed by atoms with Crippen molar-refractivity contribution in [3.8, 4) is 0 Å². The van der Waals surface area contributed by atoms with Crippen molar-refractivity contribution in [2.75, 3.05) is 0 Å². The van der Waals surface area contributed by atoms with Crippen molar-refractivity contribution in [3.05, 3.63) is 58.2 Å². The topological polar surface area (TPSA) is 60.9 Å². The number of rotatable bonds is 2. The van der Waals surface area contributed by atoms with E-state index in [0.717, 1.165) is 0 Å². The average Bonchev–Trinajstić information content (AvgIpc) is 2.78. The Bertz CT molecular complexity index is 807. The minimum Gasteiger partial charge on any atom is -0.361 e. The molecule has 0 aliphatic rings. The highest BCUT2D eigenvalue weighted by atomic mass is 19.1. The lowest BCUT2D eigenvalue weighted by molar-refractivity contribution is 0.388. The van der Waals surface area contributed by atoms with Crippen LogP contribution >= 0.6 is 0 Å². The smallest absolute Gasteiger partial charge is 0.261 e. The molecule has 0 fully saturated rings. The van der Waals surface area contributed by atoms with Gasteiger partial charge in [0.2, 0.25) is 0 Å². The molecule has 0 unspecified atom stereocenters. The van der Waals surface area contributed by atoms with E-state index in [0.29, 0.717) is 22.4 Å². The van der Waals surface area contributed by atoms with Crippen molar-refractivity contribution in [2.24, 2.45) is 0 Å². The first kappa shape index (κ1) is 11.6. The van der Waals surface area contributed by atoms with Crippen LogP contribution in [0.4, 0.5) is 4.39 Å². The Morgan fingerprint density at radius 2 is 2.21 bits per heavy atom. The minimum atomic E-state index is -0.413. The van der Waals surface area contributed by atoms with Crippen LogP contribution in [0, 0.1) is 12.7 Å². The maximum Gasteiger partial charge on any atom is 0.261 e. The summed E-state index contributed by atoms with van der Waals surface area (Å²) in [6.45, 7) is 2.05. The third-order valence-electron chi connectivity index (χ3n) is 2.80. The molecule has 1 aromatic carbocycles. The van der Waals surface area contributed by atoms with Gasteiger partial charge in [-0.3, -0.25) is 9.36 Å². The number of nitrogens with zero attached hydrogens (tertiary/aromatic N) is 3. The van der Waals surface area contributed by atoms with Crippen molar-refractivity contribution < 1.29 is 8.91 Å². The van der Waals surface area contributed by atoms with E-state index in [2.05, 4.69) is 10.1 Å². The molecule has 0 saturated heterocycles. The number of benzene rings is 1. The molecule has 3 aromatic rings. The van der Waals surface area contributed by atoms with E-state index in [9.17, 15) is 9.18 Å². The van der Waals surface area contributed by atoms with E-state index < -0.39 is 5.82 Å². The fraction of sp³-hybridized carbons (Fsp3) is 0.154. The van der Waals surface area contributed by atoms with Crippen LogP contribution in [-0.2, 0) is 6.54 Å². The SMILES string of the molecule is Cc1cc(Cn2cnc3cc(F)ccc3c2=O)no1. The Morgan fingerprint density at radius 3 is 2.95 bits per heavy atom. The van der Waals surface area contributed by atoms with Crippen molar-refractivity contribution >= 4 is 10.9 Å². The quantitative estimate of drug-likeness (QED) is 0.705. The average molecular weight is 259 g/mol. The molecule has 0 aliphatic heterocycles. The van der Waals surface area contributed by atoms with Gasteiger partial charge >= 0.3 is 0 Å². The molecule has 5 nitrogen and oxygen atoms in total. The Kier molecular flexibility index (Phi) is 2.63. The van der Waals surface area contributed by atoms with Gasteiger partial charge in [0, 0.05) is 12.1 Å². The van der Waals surface area contributed by atoms with Crippen molar-refractivity contribution in [3.63, 3.8) is 0 Å². The molecule has 0 atom stereocenters. The van der Waals surface area contributed by atoms with Crippen LogP contribution in [0.2, 0.25) is 0 Å². The molecular weight excluding hydrogens is 249 g/mol. The third-order valence-corrected chi connectivity index (χ3v) is 2.80. The largest absolute Gasteiger partial charge is 0.361 e. The lowest BCUT2D eigenvalue weighted by Crippen LogP contribution is -2.21. The minimum absolute atomic E-state index is 0.231. The Morgan fingerprint density at radius 1 is 1.37 bits per heavy atom. The fourth-order valence-electron chi connectivity index (χ4n) is 1.91. The van der Waals surface area contributed by atoms with Crippen LogP contribution in [0.1, 0.15) is 11.5 Å². The molecular formula is C13H10FN3O2. The van der Waals surface area contributed by atoms with Gasteiger partial charge in [0.1, 0.15) is 17.3 Å². The number of halogens is 1. The van der Waals surface area contributed by atoms with Crippen molar-refractivity contribution in [2.45, 2.75) is 13.5 Å². The van der Waals surface area contributed by atoms with Crippen LogP contribution in [0.25, 0.3) is 10.9 Å². The summed E-state index contributed by atoms with van der Waals surface area (Å²) in [6.07, 6.45) is 1.38. The summed E-state index contributed by atoms with van der Waals surface area (Å²) in [7, 11) is 0. The number of aryl methyl sites for hydroxylation is 1. The first-order chi connectivity index (χ1) is 9.13. The predicted octanol–water partition coefficient (Wildman–Crippen LogP) is 1.88. The van der Waals surface area contributed by atoms with Crippen LogP contribution in [-0.4, -0.2) is 14.7 Å². The Balaban J connectivity index is 2.08. The van der Waals surface area contributed by atoms with Gasteiger partial charge in [0.25, 0.3) is 5.56 Å². The van der Waals surface area contributed by atoms with Crippen LogP contribution < -0.4 is 5.56 Å². The second-order valence-electron chi connectivity index (χ2n) is 4.27. The zero-order valence-electron chi connectivity index (χ0n) is 10.1. The Hall–Kier alpha value is -2.50. The summed E-state index contributed by atoms with van der Waals surface area (Å²) >= 11 is 0. The van der Waals surface area contributed by atoms with Crippen LogP contribution in [0.15, 0.2) is 39.9 Å². The number of hydrogen-bond donors (Lipinski definition) is 0. The maximum absolute atomic E-state index is 13.0. The first-order valence-corrected chi connectivity index (χ1v) is 5.70. The summed E-state index contributed by atoms with van der Waals surface area (Å²) in [6, 6.07) is 5.67. The highest BCUT2D eigenvalue weighted by Gasteiger charge is 2.07. The van der Waals surface area contributed by atoms with E-state index in [-0.39, 0.29) is 12.1 Å². The first-order valence-electron chi connectivity index (χ1n) is 5.70. The molecule has 0 saturated carbocycles. The van der Waals surface area contributed by atoms with Crippen molar-refractivity contribution in [1.29, 1.82) is 0 Å². The van der Waals surface area contributed by atoms with Gasteiger partial charge in [-0.15, -0.1) is 0 Å². The van der Waals surface area contributed by atoms with Crippen LogP contribution in [0.3, 0.4) is 0 Å². The van der Waals surface area contributed by atoms with E-state index in [4.69, 9.17) is 4.52 Å². The van der Waals surface area contributed by atoms with Gasteiger partial charge in [-0.25, -0.2) is 9.37 Å². The molecule has 96 valence electrons. The molecule has 0 aliphatic carbocycles.